The molecule has 0 aromatic heterocycles. The van der Waals surface area contributed by atoms with E-state index in [2.05, 4.69) is 5.92 Å². The minimum absolute atomic E-state index is 0.0323. The number of rotatable bonds is 7. The summed E-state index contributed by atoms with van der Waals surface area (Å²) in [5.41, 5.74) is 1.52. The average molecular weight is 419 g/mol. The Morgan fingerprint density at radius 3 is 2.20 bits per heavy atom. The van der Waals surface area contributed by atoms with Gasteiger partial charge in [-0.3, -0.25) is 4.79 Å². The highest BCUT2D eigenvalue weighted by Crippen LogP contribution is 2.31. The van der Waals surface area contributed by atoms with Crippen LogP contribution in [-0.2, 0) is 9.53 Å². The second kappa shape index (κ2) is 10.0. The summed E-state index contributed by atoms with van der Waals surface area (Å²) >= 11 is 5.98. The zero-order chi connectivity index (χ0) is 21.5. The zero-order valence-electron chi connectivity index (χ0n) is 16.9. The molecule has 0 radical (unpaired) electrons. The van der Waals surface area contributed by atoms with Crippen LogP contribution in [0, 0.1) is 18.3 Å². The molecule has 2 unspecified atom stereocenters. The van der Waals surface area contributed by atoms with Gasteiger partial charge in [0.05, 0.1) is 5.92 Å². The lowest BCUT2D eigenvalue weighted by Crippen LogP contribution is -2.22. The molecule has 0 heterocycles. The third kappa shape index (κ3) is 5.43. The number of para-hydroxylation sites is 1. The van der Waals surface area contributed by atoms with Crippen LogP contribution < -0.4 is 4.74 Å². The minimum Gasteiger partial charge on any atom is -0.457 e. The molecule has 2 atom stereocenters. The molecule has 152 valence electrons. The highest BCUT2D eigenvalue weighted by atomic mass is 35.5. The minimum atomic E-state index is -0.814. The van der Waals surface area contributed by atoms with Gasteiger partial charge in [0.1, 0.15) is 11.5 Å². The van der Waals surface area contributed by atoms with Crippen molar-refractivity contribution in [1.82, 2.24) is 0 Å². The number of benzene rings is 3. The quantitative estimate of drug-likeness (QED) is 0.313. The average Bonchev–Trinajstić information content (AvgIpc) is 2.74. The van der Waals surface area contributed by atoms with Gasteiger partial charge in [-0.25, -0.2) is 0 Å². The lowest BCUT2D eigenvalue weighted by molar-refractivity contribution is -0.149. The first kappa shape index (κ1) is 21.5. The molecule has 0 fully saturated rings. The molecule has 30 heavy (non-hydrogen) atoms. The van der Waals surface area contributed by atoms with Crippen LogP contribution in [-0.4, -0.2) is 5.97 Å². The third-order valence-electron chi connectivity index (χ3n) is 4.67. The highest BCUT2D eigenvalue weighted by molar-refractivity contribution is 6.30. The van der Waals surface area contributed by atoms with Gasteiger partial charge in [0, 0.05) is 10.6 Å². The van der Waals surface area contributed by atoms with Crippen molar-refractivity contribution in [2.45, 2.75) is 25.9 Å². The molecular formula is C26H23ClO3. The van der Waals surface area contributed by atoms with Crippen molar-refractivity contribution in [3.8, 4) is 23.8 Å². The molecule has 0 aliphatic heterocycles. The van der Waals surface area contributed by atoms with E-state index < -0.39 is 12.0 Å². The van der Waals surface area contributed by atoms with Crippen LogP contribution in [0.1, 0.15) is 37.0 Å². The van der Waals surface area contributed by atoms with Crippen molar-refractivity contribution in [2.75, 3.05) is 0 Å². The predicted octanol–water partition coefficient (Wildman–Crippen LogP) is 6.79. The molecule has 0 aliphatic rings. The monoisotopic (exact) mass is 418 g/mol. The largest absolute Gasteiger partial charge is 0.457 e. The van der Waals surface area contributed by atoms with E-state index in [9.17, 15) is 4.79 Å². The third-order valence-corrected chi connectivity index (χ3v) is 4.93. The second-order valence-corrected chi connectivity index (χ2v) is 7.68. The Balaban J connectivity index is 1.78. The summed E-state index contributed by atoms with van der Waals surface area (Å²) in [6.07, 6.45) is 4.89. The highest BCUT2D eigenvalue weighted by Gasteiger charge is 2.28. The Labute approximate surface area is 182 Å². The number of hydrogen-bond donors (Lipinski definition) is 0. The number of hydrogen-bond acceptors (Lipinski definition) is 3. The van der Waals surface area contributed by atoms with Crippen molar-refractivity contribution in [1.29, 1.82) is 0 Å². The van der Waals surface area contributed by atoms with Crippen LogP contribution in [0.4, 0.5) is 0 Å². The fourth-order valence-corrected chi connectivity index (χ4v) is 3.34. The summed E-state index contributed by atoms with van der Waals surface area (Å²) in [5.74, 6) is 3.13. The molecule has 0 saturated carbocycles. The van der Waals surface area contributed by atoms with Gasteiger partial charge in [-0.2, -0.15) is 0 Å². The van der Waals surface area contributed by atoms with Crippen LogP contribution in [0.15, 0.2) is 78.9 Å². The smallest absolute Gasteiger partial charge is 0.315 e. The van der Waals surface area contributed by atoms with Crippen molar-refractivity contribution < 1.29 is 14.3 Å². The Morgan fingerprint density at radius 2 is 1.57 bits per heavy atom. The molecule has 0 aliphatic carbocycles. The zero-order valence-corrected chi connectivity index (χ0v) is 17.7. The summed E-state index contributed by atoms with van der Waals surface area (Å²) in [5, 5.41) is 0.617. The number of terminal acetylenes is 1. The Kier molecular flexibility index (Phi) is 7.17. The van der Waals surface area contributed by atoms with Gasteiger partial charge in [-0.05, 0) is 47.9 Å². The van der Waals surface area contributed by atoms with Crippen molar-refractivity contribution in [3.63, 3.8) is 0 Å². The maximum atomic E-state index is 13.0. The second-order valence-electron chi connectivity index (χ2n) is 7.24. The van der Waals surface area contributed by atoms with Crippen molar-refractivity contribution in [3.05, 3.63) is 95.0 Å². The summed E-state index contributed by atoms with van der Waals surface area (Å²) in [6, 6.07) is 23.9. The van der Waals surface area contributed by atoms with E-state index in [4.69, 9.17) is 27.5 Å². The van der Waals surface area contributed by atoms with Gasteiger partial charge in [-0.1, -0.05) is 73.8 Å². The fourth-order valence-electron chi connectivity index (χ4n) is 3.22. The van der Waals surface area contributed by atoms with E-state index in [0.29, 0.717) is 22.1 Å². The first-order chi connectivity index (χ1) is 14.5. The summed E-state index contributed by atoms with van der Waals surface area (Å²) in [7, 11) is 0. The maximum Gasteiger partial charge on any atom is 0.315 e. The number of ether oxygens (including phenoxy) is 2. The molecule has 4 heteroatoms. The van der Waals surface area contributed by atoms with E-state index >= 15 is 0 Å². The molecule has 3 nitrogen and oxygen atoms in total. The van der Waals surface area contributed by atoms with Gasteiger partial charge in [0.15, 0.2) is 6.10 Å². The number of carbonyl (C=O) groups is 1. The van der Waals surface area contributed by atoms with Crippen molar-refractivity contribution >= 4 is 17.6 Å². The van der Waals surface area contributed by atoms with E-state index in [1.807, 2.05) is 74.5 Å². The molecule has 0 amide bonds. The van der Waals surface area contributed by atoms with Gasteiger partial charge in [0.2, 0.25) is 0 Å². The van der Waals surface area contributed by atoms with Crippen LogP contribution in [0.25, 0.3) is 0 Å². The lowest BCUT2D eigenvalue weighted by Gasteiger charge is -2.22. The van der Waals surface area contributed by atoms with Gasteiger partial charge >= 0.3 is 5.97 Å². The van der Waals surface area contributed by atoms with E-state index in [-0.39, 0.29) is 11.9 Å². The summed E-state index contributed by atoms with van der Waals surface area (Å²) in [6.45, 7) is 3.94. The van der Waals surface area contributed by atoms with Gasteiger partial charge in [0.25, 0.3) is 0 Å². The molecule has 0 bridgehead atoms. The van der Waals surface area contributed by atoms with Crippen LogP contribution in [0.5, 0.6) is 11.5 Å². The van der Waals surface area contributed by atoms with Gasteiger partial charge < -0.3 is 9.47 Å². The normalized spacial score (nSPS) is 12.6. The molecule has 3 aromatic carbocycles. The fraction of sp³-hybridized carbons (Fsp3) is 0.192. The molecule has 0 spiro atoms. The standard InChI is InChI=1S/C26H23ClO3/c1-4-24(20-9-8-12-23(17-20)29-22-10-6-5-7-11-22)30-26(28)25(18(2)3)19-13-15-21(27)16-14-19/h1,5-18,24-25H,2-3H3. The first-order valence-corrected chi connectivity index (χ1v) is 10.1. The van der Waals surface area contributed by atoms with E-state index in [1.54, 1.807) is 18.2 Å². The Hall–Kier alpha value is -3.22. The lowest BCUT2D eigenvalue weighted by atomic mass is 9.88. The molecule has 3 rings (SSSR count). The van der Waals surface area contributed by atoms with Crippen LogP contribution >= 0.6 is 11.6 Å². The molecule has 0 N–H and O–H groups in total. The molecular weight excluding hydrogens is 396 g/mol. The van der Waals surface area contributed by atoms with Crippen molar-refractivity contribution in [2.24, 2.45) is 5.92 Å². The first-order valence-electron chi connectivity index (χ1n) is 9.73. The Bertz CT molecular complexity index is 1020. The number of esters is 1. The van der Waals surface area contributed by atoms with Crippen LogP contribution in [0.3, 0.4) is 0 Å². The topological polar surface area (TPSA) is 35.5 Å². The van der Waals surface area contributed by atoms with E-state index in [1.165, 1.54) is 0 Å². The summed E-state index contributed by atoms with van der Waals surface area (Å²) in [4.78, 5) is 13.0. The number of carbonyl (C=O) groups excluding carboxylic acids is 1. The van der Waals surface area contributed by atoms with Crippen LogP contribution in [0.2, 0.25) is 5.02 Å². The molecule has 3 aromatic rings. The van der Waals surface area contributed by atoms with Gasteiger partial charge in [-0.15, -0.1) is 6.42 Å². The SMILES string of the molecule is C#CC(OC(=O)C(c1ccc(Cl)cc1)C(C)C)c1cccc(Oc2ccccc2)c1. The maximum absolute atomic E-state index is 13.0. The molecule has 0 saturated heterocycles. The summed E-state index contributed by atoms with van der Waals surface area (Å²) < 4.78 is 11.6. The Morgan fingerprint density at radius 1 is 0.900 bits per heavy atom. The van der Waals surface area contributed by atoms with E-state index in [0.717, 1.165) is 5.56 Å². The predicted molar refractivity (Wildman–Crippen MR) is 120 cm³/mol. The number of halogens is 1.